The van der Waals surface area contributed by atoms with Gasteiger partial charge in [-0.2, -0.15) is 0 Å². The van der Waals surface area contributed by atoms with Crippen molar-refractivity contribution in [2.75, 3.05) is 6.54 Å². The highest BCUT2D eigenvalue weighted by Gasteiger charge is 1.99. The Morgan fingerprint density at radius 2 is 2.00 bits per heavy atom. The first-order valence-corrected chi connectivity index (χ1v) is 4.23. The van der Waals surface area contributed by atoms with E-state index in [9.17, 15) is 4.79 Å². The maximum absolute atomic E-state index is 11.1. The average Bonchev–Trinajstić information content (AvgIpc) is 2.18. The first kappa shape index (κ1) is 9.68. The van der Waals surface area contributed by atoms with E-state index in [2.05, 4.69) is 6.58 Å². The van der Waals surface area contributed by atoms with E-state index >= 15 is 0 Å². The van der Waals surface area contributed by atoms with Gasteiger partial charge < -0.3 is 5.73 Å². The molecule has 0 radical (unpaired) electrons. The molecular weight excluding hydrogens is 162 g/mol. The van der Waals surface area contributed by atoms with Gasteiger partial charge in [-0.05, 0) is 24.6 Å². The quantitative estimate of drug-likeness (QED) is 0.557. The van der Waals surface area contributed by atoms with Crippen molar-refractivity contribution >= 4 is 5.78 Å². The van der Waals surface area contributed by atoms with Crippen LogP contribution in [-0.4, -0.2) is 12.3 Å². The predicted octanol–water partition coefficient (Wildman–Crippen LogP) is 1.56. The third-order valence-corrected chi connectivity index (χ3v) is 1.86. The van der Waals surface area contributed by atoms with Crippen LogP contribution in [0.15, 0.2) is 36.9 Å². The zero-order valence-corrected chi connectivity index (χ0v) is 7.49. The molecule has 0 bridgehead atoms. The molecule has 2 nitrogen and oxygen atoms in total. The minimum absolute atomic E-state index is 0.0423. The van der Waals surface area contributed by atoms with E-state index in [1.807, 2.05) is 12.1 Å². The van der Waals surface area contributed by atoms with E-state index in [4.69, 9.17) is 5.73 Å². The van der Waals surface area contributed by atoms with E-state index in [-0.39, 0.29) is 5.78 Å². The third kappa shape index (κ3) is 2.53. The second-order valence-corrected chi connectivity index (χ2v) is 2.80. The van der Waals surface area contributed by atoms with E-state index in [0.717, 1.165) is 12.0 Å². The summed E-state index contributed by atoms with van der Waals surface area (Å²) in [5.41, 5.74) is 7.23. The minimum Gasteiger partial charge on any atom is -0.330 e. The Balaban J connectivity index is 2.80. The average molecular weight is 175 g/mol. The van der Waals surface area contributed by atoms with Gasteiger partial charge in [0.15, 0.2) is 5.78 Å². The molecule has 0 aliphatic rings. The normalized spacial score (nSPS) is 9.62. The van der Waals surface area contributed by atoms with Gasteiger partial charge >= 0.3 is 0 Å². The van der Waals surface area contributed by atoms with Crippen LogP contribution < -0.4 is 5.73 Å². The van der Waals surface area contributed by atoms with Gasteiger partial charge in [-0.15, -0.1) is 0 Å². The summed E-state index contributed by atoms with van der Waals surface area (Å²) >= 11 is 0. The first-order valence-electron chi connectivity index (χ1n) is 4.23. The van der Waals surface area contributed by atoms with Crippen molar-refractivity contribution in [3.05, 3.63) is 48.0 Å². The number of nitrogens with two attached hydrogens (primary N) is 1. The molecule has 0 unspecified atom stereocenters. The highest BCUT2D eigenvalue weighted by molar-refractivity contribution is 6.04. The van der Waals surface area contributed by atoms with Crippen molar-refractivity contribution in [2.45, 2.75) is 6.42 Å². The minimum atomic E-state index is -0.0423. The summed E-state index contributed by atoms with van der Waals surface area (Å²) in [5.74, 6) is -0.0423. The smallest absolute Gasteiger partial charge is 0.185 e. The summed E-state index contributed by atoms with van der Waals surface area (Å²) in [4.78, 5) is 11.1. The van der Waals surface area contributed by atoms with Crippen LogP contribution in [0.3, 0.4) is 0 Å². The molecule has 1 aromatic carbocycles. The van der Waals surface area contributed by atoms with E-state index in [0.29, 0.717) is 12.1 Å². The summed E-state index contributed by atoms with van der Waals surface area (Å²) in [5, 5.41) is 0. The molecule has 1 rings (SSSR count). The molecule has 0 amide bonds. The standard InChI is InChI=1S/C11H13NO/c1-2-11(13)10-5-3-9(4-6-10)7-8-12/h2-6H,1,7-8,12H2. The lowest BCUT2D eigenvalue weighted by Crippen LogP contribution is -2.03. The molecule has 0 aliphatic carbocycles. The van der Waals surface area contributed by atoms with Gasteiger partial charge in [0.05, 0.1) is 0 Å². The molecule has 0 aliphatic heterocycles. The van der Waals surface area contributed by atoms with Gasteiger partial charge in [-0.3, -0.25) is 4.79 Å². The number of hydrogen-bond acceptors (Lipinski definition) is 2. The Kier molecular flexibility index (Phi) is 3.41. The van der Waals surface area contributed by atoms with E-state index in [1.165, 1.54) is 6.08 Å². The van der Waals surface area contributed by atoms with Crippen LogP contribution in [0.25, 0.3) is 0 Å². The van der Waals surface area contributed by atoms with Crippen molar-refractivity contribution in [2.24, 2.45) is 5.73 Å². The molecule has 0 saturated heterocycles. The molecule has 2 heteroatoms. The Hall–Kier alpha value is -1.41. The largest absolute Gasteiger partial charge is 0.330 e. The van der Waals surface area contributed by atoms with Gasteiger partial charge in [-0.1, -0.05) is 30.8 Å². The van der Waals surface area contributed by atoms with Crippen molar-refractivity contribution in [3.63, 3.8) is 0 Å². The monoisotopic (exact) mass is 175 g/mol. The van der Waals surface area contributed by atoms with E-state index in [1.54, 1.807) is 12.1 Å². The van der Waals surface area contributed by atoms with E-state index < -0.39 is 0 Å². The molecule has 68 valence electrons. The zero-order valence-electron chi connectivity index (χ0n) is 7.49. The Bertz CT molecular complexity index is 300. The van der Waals surface area contributed by atoms with Gasteiger partial charge in [0, 0.05) is 5.56 Å². The lowest BCUT2D eigenvalue weighted by molar-refractivity contribution is 0.104. The Morgan fingerprint density at radius 1 is 1.38 bits per heavy atom. The number of rotatable bonds is 4. The highest BCUT2D eigenvalue weighted by Crippen LogP contribution is 2.05. The zero-order chi connectivity index (χ0) is 9.68. The number of hydrogen-bond donors (Lipinski definition) is 1. The summed E-state index contributed by atoms with van der Waals surface area (Å²) < 4.78 is 0. The van der Waals surface area contributed by atoms with Gasteiger partial charge in [-0.25, -0.2) is 0 Å². The third-order valence-electron chi connectivity index (χ3n) is 1.86. The molecule has 0 heterocycles. The number of allylic oxidation sites excluding steroid dienone is 1. The summed E-state index contributed by atoms with van der Waals surface area (Å²) in [7, 11) is 0. The second-order valence-electron chi connectivity index (χ2n) is 2.80. The molecule has 0 saturated carbocycles. The van der Waals surface area contributed by atoms with Crippen LogP contribution in [0.5, 0.6) is 0 Å². The fraction of sp³-hybridized carbons (Fsp3) is 0.182. The predicted molar refractivity (Wildman–Crippen MR) is 53.7 cm³/mol. The van der Waals surface area contributed by atoms with Crippen molar-refractivity contribution in [1.82, 2.24) is 0 Å². The lowest BCUT2D eigenvalue weighted by atomic mass is 10.1. The molecule has 13 heavy (non-hydrogen) atoms. The number of carbonyl (C=O) groups is 1. The Labute approximate surface area is 78.1 Å². The van der Waals surface area contributed by atoms with Crippen molar-refractivity contribution < 1.29 is 4.79 Å². The summed E-state index contributed by atoms with van der Waals surface area (Å²) in [6.07, 6.45) is 2.17. The van der Waals surface area contributed by atoms with Gasteiger partial charge in [0.25, 0.3) is 0 Å². The van der Waals surface area contributed by atoms with Crippen LogP contribution in [-0.2, 0) is 6.42 Å². The van der Waals surface area contributed by atoms with Gasteiger partial charge in [0.1, 0.15) is 0 Å². The van der Waals surface area contributed by atoms with Crippen LogP contribution in [0.2, 0.25) is 0 Å². The first-order chi connectivity index (χ1) is 6.27. The second kappa shape index (κ2) is 4.58. The molecule has 0 atom stereocenters. The molecular formula is C11H13NO. The Morgan fingerprint density at radius 3 is 2.46 bits per heavy atom. The number of ketones is 1. The SMILES string of the molecule is C=CC(=O)c1ccc(CCN)cc1. The maximum Gasteiger partial charge on any atom is 0.185 e. The highest BCUT2D eigenvalue weighted by atomic mass is 16.1. The number of carbonyl (C=O) groups excluding carboxylic acids is 1. The molecule has 0 fully saturated rings. The fourth-order valence-corrected chi connectivity index (χ4v) is 1.12. The summed E-state index contributed by atoms with van der Waals surface area (Å²) in [6, 6.07) is 7.44. The van der Waals surface area contributed by atoms with Crippen molar-refractivity contribution in [1.29, 1.82) is 0 Å². The molecule has 0 spiro atoms. The lowest BCUT2D eigenvalue weighted by Gasteiger charge is -1.99. The maximum atomic E-state index is 11.1. The fourth-order valence-electron chi connectivity index (χ4n) is 1.12. The van der Waals surface area contributed by atoms with Crippen LogP contribution in [0.1, 0.15) is 15.9 Å². The van der Waals surface area contributed by atoms with Crippen molar-refractivity contribution in [3.8, 4) is 0 Å². The van der Waals surface area contributed by atoms with Crippen LogP contribution in [0, 0.1) is 0 Å². The van der Waals surface area contributed by atoms with Gasteiger partial charge in [0.2, 0.25) is 0 Å². The summed E-state index contributed by atoms with van der Waals surface area (Å²) in [6.45, 7) is 4.06. The number of benzene rings is 1. The molecule has 2 N–H and O–H groups in total. The molecule has 0 aromatic heterocycles. The topological polar surface area (TPSA) is 43.1 Å². The van der Waals surface area contributed by atoms with Crippen LogP contribution >= 0.6 is 0 Å². The molecule has 1 aromatic rings. The van der Waals surface area contributed by atoms with Crippen LogP contribution in [0.4, 0.5) is 0 Å².